The molecular formula is C19H19O3. The van der Waals surface area contributed by atoms with Gasteiger partial charge < -0.3 is 9.84 Å². The zero-order chi connectivity index (χ0) is 15.6. The third-order valence-electron chi connectivity index (χ3n) is 3.09. The highest BCUT2D eigenvalue weighted by Gasteiger charge is 1.97. The average molecular weight is 295 g/mol. The predicted octanol–water partition coefficient (Wildman–Crippen LogP) is 4.94. The second-order valence-electron chi connectivity index (χ2n) is 4.96. The van der Waals surface area contributed by atoms with Crippen molar-refractivity contribution in [1.29, 1.82) is 0 Å². The van der Waals surface area contributed by atoms with Crippen molar-refractivity contribution in [3.8, 4) is 11.5 Å². The molecule has 0 aliphatic carbocycles. The third kappa shape index (κ3) is 5.83. The van der Waals surface area contributed by atoms with Crippen molar-refractivity contribution in [3.05, 3.63) is 66.2 Å². The van der Waals surface area contributed by atoms with Gasteiger partial charge >= 0.3 is 5.97 Å². The van der Waals surface area contributed by atoms with Gasteiger partial charge in [-0.1, -0.05) is 36.4 Å². The van der Waals surface area contributed by atoms with Crippen molar-refractivity contribution in [3.63, 3.8) is 0 Å². The van der Waals surface area contributed by atoms with Crippen LogP contribution in [0.5, 0.6) is 11.5 Å². The quantitative estimate of drug-likeness (QED) is 0.702. The molecule has 0 amide bonds. The minimum Gasteiger partial charge on any atom is -0.481 e. The Bertz CT molecular complexity index is 618. The highest BCUT2D eigenvalue weighted by Crippen LogP contribution is 2.22. The fourth-order valence-electron chi connectivity index (χ4n) is 2.02. The standard InChI is InChI=1S/C19H19O3/c20-19(21)14-7-2-1-4-9-16-10-8-13-18(15-16)22-17-11-5-3-6-12-17/h3-5,8-13,15H,1-2,7,14H2,(H,20,21)/b9-4+. The number of rotatable bonds is 8. The molecule has 2 aromatic carbocycles. The molecule has 3 nitrogen and oxygen atoms in total. The largest absolute Gasteiger partial charge is 0.481 e. The first-order chi connectivity index (χ1) is 10.7. The lowest BCUT2D eigenvalue weighted by Crippen LogP contribution is -1.92. The van der Waals surface area contributed by atoms with E-state index in [-0.39, 0.29) is 6.42 Å². The molecule has 0 saturated heterocycles. The summed E-state index contributed by atoms with van der Waals surface area (Å²) in [4.78, 5) is 10.4. The SMILES string of the molecule is O=C(O)CCCC/C=C/c1cccc(Oc2c[c]ccc2)c1. The Hall–Kier alpha value is -2.55. The van der Waals surface area contributed by atoms with Crippen molar-refractivity contribution in [2.24, 2.45) is 0 Å². The third-order valence-corrected chi connectivity index (χ3v) is 3.09. The highest BCUT2D eigenvalue weighted by atomic mass is 16.5. The molecule has 0 spiro atoms. The van der Waals surface area contributed by atoms with Gasteiger partial charge in [-0.3, -0.25) is 4.79 Å². The number of carboxylic acid groups (broad SMARTS) is 1. The predicted molar refractivity (Wildman–Crippen MR) is 86.9 cm³/mol. The minimum absolute atomic E-state index is 0.241. The van der Waals surface area contributed by atoms with E-state index in [1.54, 1.807) is 6.07 Å². The molecule has 0 aromatic heterocycles. The maximum absolute atomic E-state index is 10.4. The molecule has 0 unspecified atom stereocenters. The second-order valence-corrected chi connectivity index (χ2v) is 4.96. The van der Waals surface area contributed by atoms with Gasteiger partial charge in [0.1, 0.15) is 11.5 Å². The maximum Gasteiger partial charge on any atom is 0.303 e. The fourth-order valence-corrected chi connectivity index (χ4v) is 2.02. The van der Waals surface area contributed by atoms with Crippen LogP contribution in [0.4, 0.5) is 0 Å². The normalized spacial score (nSPS) is 10.7. The van der Waals surface area contributed by atoms with E-state index in [0.717, 1.165) is 29.9 Å². The topological polar surface area (TPSA) is 46.5 Å². The highest BCUT2D eigenvalue weighted by molar-refractivity contribution is 5.66. The van der Waals surface area contributed by atoms with Crippen LogP contribution in [-0.2, 0) is 4.79 Å². The Kier molecular flexibility index (Phi) is 6.24. The monoisotopic (exact) mass is 295 g/mol. The van der Waals surface area contributed by atoms with Crippen LogP contribution < -0.4 is 4.74 Å². The van der Waals surface area contributed by atoms with E-state index >= 15 is 0 Å². The van der Waals surface area contributed by atoms with Gasteiger partial charge in [0.25, 0.3) is 0 Å². The van der Waals surface area contributed by atoms with E-state index < -0.39 is 5.97 Å². The van der Waals surface area contributed by atoms with Crippen molar-refractivity contribution >= 4 is 12.0 Å². The van der Waals surface area contributed by atoms with Crippen molar-refractivity contribution in [2.45, 2.75) is 25.7 Å². The van der Waals surface area contributed by atoms with Crippen molar-refractivity contribution < 1.29 is 14.6 Å². The molecule has 0 aliphatic heterocycles. The molecule has 2 aromatic rings. The summed E-state index contributed by atoms with van der Waals surface area (Å²) < 4.78 is 5.76. The number of ether oxygens (including phenoxy) is 1. The van der Waals surface area contributed by atoms with Gasteiger partial charge in [-0.15, -0.1) is 0 Å². The molecular weight excluding hydrogens is 276 g/mol. The number of carboxylic acids is 1. The van der Waals surface area contributed by atoms with Crippen LogP contribution >= 0.6 is 0 Å². The Balaban J connectivity index is 1.84. The van der Waals surface area contributed by atoms with Crippen LogP contribution in [0, 0.1) is 6.07 Å². The van der Waals surface area contributed by atoms with E-state index in [0.29, 0.717) is 6.42 Å². The van der Waals surface area contributed by atoms with Gasteiger partial charge in [-0.25, -0.2) is 0 Å². The summed E-state index contributed by atoms with van der Waals surface area (Å²) in [6.07, 6.45) is 6.82. The lowest BCUT2D eigenvalue weighted by molar-refractivity contribution is -0.137. The molecule has 0 fully saturated rings. The summed E-state index contributed by atoms with van der Waals surface area (Å²) in [5.74, 6) is 0.817. The van der Waals surface area contributed by atoms with Crippen LogP contribution in [0.25, 0.3) is 6.08 Å². The first-order valence-corrected chi connectivity index (χ1v) is 7.36. The minimum atomic E-state index is -0.730. The summed E-state index contributed by atoms with van der Waals surface area (Å²) in [5, 5.41) is 8.57. The molecule has 0 heterocycles. The molecule has 0 saturated carbocycles. The summed E-state index contributed by atoms with van der Waals surface area (Å²) >= 11 is 0. The lowest BCUT2D eigenvalue weighted by atomic mass is 10.1. The first kappa shape index (κ1) is 15.8. The molecule has 2 rings (SSSR count). The zero-order valence-corrected chi connectivity index (χ0v) is 12.4. The van der Waals surface area contributed by atoms with Gasteiger partial charge in [-0.05, 0) is 55.2 Å². The van der Waals surface area contributed by atoms with E-state index in [1.165, 1.54) is 0 Å². The average Bonchev–Trinajstić information content (AvgIpc) is 2.52. The van der Waals surface area contributed by atoms with Crippen LogP contribution in [0.15, 0.2) is 54.6 Å². The van der Waals surface area contributed by atoms with Crippen LogP contribution in [-0.4, -0.2) is 11.1 Å². The van der Waals surface area contributed by atoms with Crippen molar-refractivity contribution in [2.75, 3.05) is 0 Å². The number of allylic oxidation sites excluding steroid dienone is 1. The second kappa shape index (κ2) is 8.67. The van der Waals surface area contributed by atoms with Gasteiger partial charge in [0.2, 0.25) is 0 Å². The Morgan fingerprint density at radius 2 is 2.05 bits per heavy atom. The Morgan fingerprint density at radius 3 is 2.82 bits per heavy atom. The van der Waals surface area contributed by atoms with Gasteiger partial charge in [0.15, 0.2) is 0 Å². The number of carbonyl (C=O) groups is 1. The van der Waals surface area contributed by atoms with Crippen LogP contribution in [0.2, 0.25) is 0 Å². The number of unbranched alkanes of at least 4 members (excludes halogenated alkanes) is 2. The molecule has 22 heavy (non-hydrogen) atoms. The number of hydrogen-bond donors (Lipinski definition) is 1. The molecule has 0 bridgehead atoms. The maximum atomic E-state index is 10.4. The molecule has 1 radical (unpaired) electrons. The summed E-state index contributed by atoms with van der Waals surface area (Å²) in [6.45, 7) is 0. The molecule has 1 N–H and O–H groups in total. The Morgan fingerprint density at radius 1 is 1.18 bits per heavy atom. The summed E-state index contributed by atoms with van der Waals surface area (Å²) in [6, 6.07) is 18.2. The fraction of sp³-hybridized carbons (Fsp3) is 0.211. The Labute approximate surface area is 130 Å². The first-order valence-electron chi connectivity index (χ1n) is 7.36. The zero-order valence-electron chi connectivity index (χ0n) is 12.4. The van der Waals surface area contributed by atoms with Crippen molar-refractivity contribution in [1.82, 2.24) is 0 Å². The summed E-state index contributed by atoms with van der Waals surface area (Å²) in [7, 11) is 0. The van der Waals surface area contributed by atoms with E-state index in [4.69, 9.17) is 9.84 Å². The smallest absolute Gasteiger partial charge is 0.303 e. The van der Waals surface area contributed by atoms with Gasteiger partial charge in [-0.2, -0.15) is 0 Å². The molecule has 0 atom stereocenters. The molecule has 3 heteroatoms. The lowest BCUT2D eigenvalue weighted by Gasteiger charge is -2.05. The molecule has 113 valence electrons. The van der Waals surface area contributed by atoms with Crippen LogP contribution in [0.1, 0.15) is 31.2 Å². The number of benzene rings is 2. The van der Waals surface area contributed by atoms with Gasteiger partial charge in [0, 0.05) is 6.42 Å². The molecule has 0 aliphatic rings. The van der Waals surface area contributed by atoms with E-state index in [2.05, 4.69) is 12.1 Å². The number of hydrogen-bond acceptors (Lipinski definition) is 2. The van der Waals surface area contributed by atoms with E-state index in [9.17, 15) is 4.79 Å². The van der Waals surface area contributed by atoms with Gasteiger partial charge in [0.05, 0.1) is 0 Å². The summed E-state index contributed by atoms with van der Waals surface area (Å²) in [5.41, 5.74) is 1.07. The number of aliphatic carboxylic acids is 1. The van der Waals surface area contributed by atoms with Crippen LogP contribution in [0.3, 0.4) is 0 Å². The van der Waals surface area contributed by atoms with E-state index in [1.807, 2.05) is 48.5 Å².